The Kier molecular flexibility index (Phi) is 8.72. The zero-order valence-electron chi connectivity index (χ0n) is 17.4. The zero-order chi connectivity index (χ0) is 20.8. The van der Waals surface area contributed by atoms with Crippen molar-refractivity contribution in [2.75, 3.05) is 19.8 Å². The number of benzene rings is 2. The van der Waals surface area contributed by atoms with E-state index in [1.54, 1.807) is 25.1 Å². The van der Waals surface area contributed by atoms with Crippen molar-refractivity contribution < 1.29 is 23.8 Å². The van der Waals surface area contributed by atoms with Crippen molar-refractivity contribution in [1.29, 1.82) is 0 Å². The summed E-state index contributed by atoms with van der Waals surface area (Å²) in [6.45, 7) is 6.65. The number of fused-ring (bicyclic) bond motifs is 1. The number of ether oxygens (including phenoxy) is 2. The van der Waals surface area contributed by atoms with Crippen LogP contribution in [0.4, 0.5) is 0 Å². The number of halogens is 1. The molecule has 3 rings (SSSR count). The fourth-order valence-electron chi connectivity index (χ4n) is 2.99. The minimum atomic E-state index is -0.637. The van der Waals surface area contributed by atoms with Crippen LogP contribution in [0, 0.1) is 0 Å². The van der Waals surface area contributed by atoms with E-state index in [-0.39, 0.29) is 31.7 Å². The van der Waals surface area contributed by atoms with Gasteiger partial charge in [-0.1, -0.05) is 44.2 Å². The molecule has 0 amide bonds. The Morgan fingerprint density at radius 1 is 1.17 bits per heavy atom. The van der Waals surface area contributed by atoms with Crippen molar-refractivity contribution in [2.24, 2.45) is 0 Å². The van der Waals surface area contributed by atoms with Crippen molar-refractivity contribution in [3.63, 3.8) is 0 Å². The number of carbonyl (C=O) groups excluding carboxylic acids is 1. The molecule has 0 aliphatic heterocycles. The van der Waals surface area contributed by atoms with Crippen LogP contribution in [-0.4, -0.2) is 43.0 Å². The number of furan rings is 1. The van der Waals surface area contributed by atoms with E-state index >= 15 is 0 Å². The molecule has 2 N–H and O–H groups in total. The fraction of sp³-hybridized carbons (Fsp3) is 0.348. The number of aliphatic hydroxyl groups is 1. The first-order valence-corrected chi connectivity index (χ1v) is 9.83. The second kappa shape index (κ2) is 11.0. The fourth-order valence-corrected chi connectivity index (χ4v) is 2.99. The summed E-state index contributed by atoms with van der Waals surface area (Å²) in [5.41, 5.74) is 1.74. The van der Waals surface area contributed by atoms with E-state index in [1.807, 2.05) is 44.2 Å². The summed E-state index contributed by atoms with van der Waals surface area (Å²) in [5, 5.41) is 13.8. The first-order chi connectivity index (χ1) is 14.0. The Bertz CT molecular complexity index is 955. The van der Waals surface area contributed by atoms with Crippen LogP contribution in [0.5, 0.6) is 5.75 Å². The summed E-state index contributed by atoms with van der Waals surface area (Å²) in [6, 6.07) is 15.0. The van der Waals surface area contributed by atoms with E-state index in [1.165, 1.54) is 0 Å². The highest BCUT2D eigenvalue weighted by Crippen LogP contribution is 2.36. The molecule has 2 aromatic carbocycles. The van der Waals surface area contributed by atoms with Crippen LogP contribution < -0.4 is 10.1 Å². The van der Waals surface area contributed by atoms with E-state index in [0.29, 0.717) is 34.6 Å². The molecule has 162 valence electrons. The highest BCUT2D eigenvalue weighted by Gasteiger charge is 2.23. The summed E-state index contributed by atoms with van der Waals surface area (Å²) in [5.74, 6) is 0.577. The smallest absolute Gasteiger partial charge is 0.342 e. The molecule has 1 unspecified atom stereocenters. The van der Waals surface area contributed by atoms with Gasteiger partial charge >= 0.3 is 5.97 Å². The number of nitrogens with one attached hydrogen (secondary N) is 1. The van der Waals surface area contributed by atoms with Gasteiger partial charge in [0.1, 0.15) is 35.4 Å². The summed E-state index contributed by atoms with van der Waals surface area (Å²) in [7, 11) is 0. The van der Waals surface area contributed by atoms with Gasteiger partial charge in [0.25, 0.3) is 0 Å². The maximum absolute atomic E-state index is 12.7. The third kappa shape index (κ3) is 5.75. The standard InChI is InChI=1S/C23H27NO5.ClH/c1-4-27-23(26)21-19-12-18(28-14-17(25)13-24-15(2)3)10-11-20(19)29-22(21)16-8-6-5-7-9-16;/h5-12,15,17,24-25H,4,13-14H2,1-3H3;1H. The molecule has 1 atom stereocenters. The highest BCUT2D eigenvalue weighted by atomic mass is 35.5. The number of hydrogen-bond acceptors (Lipinski definition) is 6. The van der Waals surface area contributed by atoms with Crippen LogP contribution in [-0.2, 0) is 4.74 Å². The van der Waals surface area contributed by atoms with Gasteiger partial charge in [-0.05, 0) is 25.1 Å². The average Bonchev–Trinajstić information content (AvgIpc) is 3.10. The average molecular weight is 434 g/mol. The number of aliphatic hydroxyl groups excluding tert-OH is 1. The lowest BCUT2D eigenvalue weighted by atomic mass is 10.1. The van der Waals surface area contributed by atoms with Gasteiger partial charge < -0.3 is 24.3 Å². The van der Waals surface area contributed by atoms with E-state index in [4.69, 9.17) is 13.9 Å². The summed E-state index contributed by atoms with van der Waals surface area (Å²) in [4.78, 5) is 12.7. The molecular weight excluding hydrogens is 406 g/mol. The molecule has 1 heterocycles. The van der Waals surface area contributed by atoms with Crippen LogP contribution in [0.2, 0.25) is 0 Å². The lowest BCUT2D eigenvalue weighted by Crippen LogP contribution is -2.35. The second-order valence-corrected chi connectivity index (χ2v) is 7.08. The topological polar surface area (TPSA) is 80.9 Å². The van der Waals surface area contributed by atoms with Gasteiger partial charge in [-0.2, -0.15) is 0 Å². The molecule has 7 heteroatoms. The number of carbonyl (C=O) groups is 1. The summed E-state index contributed by atoms with van der Waals surface area (Å²) >= 11 is 0. The molecule has 6 nitrogen and oxygen atoms in total. The molecule has 0 saturated carbocycles. The molecule has 0 spiro atoms. The van der Waals surface area contributed by atoms with Crippen LogP contribution in [0.3, 0.4) is 0 Å². The molecule has 30 heavy (non-hydrogen) atoms. The van der Waals surface area contributed by atoms with E-state index in [2.05, 4.69) is 5.32 Å². The van der Waals surface area contributed by atoms with Crippen molar-refractivity contribution in [1.82, 2.24) is 5.32 Å². The van der Waals surface area contributed by atoms with Crippen LogP contribution >= 0.6 is 12.4 Å². The van der Waals surface area contributed by atoms with Gasteiger partial charge in [0.15, 0.2) is 0 Å². The van der Waals surface area contributed by atoms with Crippen molar-refractivity contribution in [3.8, 4) is 17.1 Å². The lowest BCUT2D eigenvalue weighted by molar-refractivity contribution is 0.0528. The van der Waals surface area contributed by atoms with Crippen LogP contribution in [0.25, 0.3) is 22.3 Å². The quantitative estimate of drug-likeness (QED) is 0.486. The Hall–Kier alpha value is -2.54. The van der Waals surface area contributed by atoms with Gasteiger partial charge in [-0.15, -0.1) is 12.4 Å². The number of rotatable bonds is 9. The molecule has 0 aliphatic carbocycles. The van der Waals surface area contributed by atoms with Crippen molar-refractivity contribution in [3.05, 3.63) is 54.1 Å². The third-order valence-corrected chi connectivity index (χ3v) is 4.38. The Morgan fingerprint density at radius 3 is 2.57 bits per heavy atom. The Labute approximate surface area is 182 Å². The molecule has 0 saturated heterocycles. The van der Waals surface area contributed by atoms with E-state index in [9.17, 15) is 9.90 Å². The molecule has 0 radical (unpaired) electrons. The Morgan fingerprint density at radius 2 is 1.90 bits per heavy atom. The van der Waals surface area contributed by atoms with E-state index in [0.717, 1.165) is 5.56 Å². The normalized spacial score (nSPS) is 11.9. The van der Waals surface area contributed by atoms with Crippen molar-refractivity contribution in [2.45, 2.75) is 32.9 Å². The monoisotopic (exact) mass is 433 g/mol. The van der Waals surface area contributed by atoms with E-state index < -0.39 is 12.1 Å². The summed E-state index contributed by atoms with van der Waals surface area (Å²) < 4.78 is 17.0. The number of esters is 1. The van der Waals surface area contributed by atoms with Crippen LogP contribution in [0.15, 0.2) is 52.9 Å². The predicted octanol–water partition coefficient (Wildman–Crippen LogP) is 4.44. The predicted molar refractivity (Wildman–Crippen MR) is 119 cm³/mol. The van der Waals surface area contributed by atoms with Gasteiger partial charge in [0.05, 0.1) is 6.61 Å². The van der Waals surface area contributed by atoms with Gasteiger partial charge in [-0.25, -0.2) is 4.79 Å². The largest absolute Gasteiger partial charge is 0.491 e. The molecule has 3 aromatic rings. The van der Waals surface area contributed by atoms with Gasteiger partial charge in [0.2, 0.25) is 0 Å². The first kappa shape index (κ1) is 23.7. The third-order valence-electron chi connectivity index (χ3n) is 4.38. The molecular formula is C23H28ClNO5. The maximum atomic E-state index is 12.7. The molecule has 0 aliphatic rings. The van der Waals surface area contributed by atoms with Crippen molar-refractivity contribution >= 4 is 29.3 Å². The lowest BCUT2D eigenvalue weighted by Gasteiger charge is -2.15. The summed E-state index contributed by atoms with van der Waals surface area (Å²) in [6.07, 6.45) is -0.637. The second-order valence-electron chi connectivity index (χ2n) is 7.08. The maximum Gasteiger partial charge on any atom is 0.342 e. The SMILES string of the molecule is CCOC(=O)c1c(-c2ccccc2)oc2ccc(OCC(O)CNC(C)C)cc12.Cl. The minimum absolute atomic E-state index is 0. The number of hydrogen-bond donors (Lipinski definition) is 2. The highest BCUT2D eigenvalue weighted by molar-refractivity contribution is 6.09. The zero-order valence-corrected chi connectivity index (χ0v) is 18.2. The van der Waals surface area contributed by atoms with Gasteiger partial charge in [-0.3, -0.25) is 0 Å². The Balaban J connectivity index is 0.00000320. The molecule has 0 fully saturated rings. The minimum Gasteiger partial charge on any atom is -0.491 e. The molecule has 0 bridgehead atoms. The van der Waals surface area contributed by atoms with Crippen LogP contribution in [0.1, 0.15) is 31.1 Å². The van der Waals surface area contributed by atoms with Gasteiger partial charge in [0, 0.05) is 23.5 Å². The molecule has 1 aromatic heterocycles. The first-order valence-electron chi connectivity index (χ1n) is 9.83.